The van der Waals surface area contributed by atoms with Gasteiger partial charge in [0.25, 0.3) is 5.69 Å². The highest BCUT2D eigenvalue weighted by atomic mass is 35.5. The summed E-state index contributed by atoms with van der Waals surface area (Å²) in [5.74, 6) is -2.49. The minimum atomic E-state index is -1.14. The van der Waals surface area contributed by atoms with Crippen LogP contribution in [0.4, 0.5) is 10.1 Å². The normalized spacial score (nSPS) is 19.0. The summed E-state index contributed by atoms with van der Waals surface area (Å²) < 4.78 is 13.7. The number of amides is 1. The number of thioether (sulfide) groups is 1. The molecule has 0 radical (unpaired) electrons. The van der Waals surface area contributed by atoms with Gasteiger partial charge in [-0.25, -0.2) is 4.39 Å². The fourth-order valence-corrected chi connectivity index (χ4v) is 2.82. The fraction of sp³-hybridized carbons (Fsp3) is 0.167. The van der Waals surface area contributed by atoms with Gasteiger partial charge in [0.1, 0.15) is 16.1 Å². The number of nitrogens with one attached hydrogen (secondary N) is 1. The Morgan fingerprint density at radius 2 is 2.29 bits per heavy atom. The lowest BCUT2D eigenvalue weighted by Crippen LogP contribution is -2.26. The summed E-state index contributed by atoms with van der Waals surface area (Å²) >= 11 is 6.42. The third-order valence-electron chi connectivity index (χ3n) is 2.74. The molecule has 126 valence electrons. The van der Waals surface area contributed by atoms with Crippen molar-refractivity contribution >= 4 is 52.3 Å². The molecular weight excluding hydrogens is 367 g/mol. The molecule has 1 aliphatic rings. The molecule has 0 bridgehead atoms. The van der Waals surface area contributed by atoms with E-state index in [-0.39, 0.29) is 22.2 Å². The first kappa shape index (κ1) is 17.8. The maximum atomic E-state index is 13.7. The van der Waals surface area contributed by atoms with Crippen LogP contribution in [-0.4, -0.2) is 38.5 Å². The Labute approximate surface area is 142 Å². The summed E-state index contributed by atoms with van der Waals surface area (Å²) in [7, 11) is 0. The zero-order valence-electron chi connectivity index (χ0n) is 11.6. The van der Waals surface area contributed by atoms with Gasteiger partial charge in [0.05, 0.1) is 17.6 Å². The van der Waals surface area contributed by atoms with Crippen LogP contribution < -0.4 is 5.32 Å². The van der Waals surface area contributed by atoms with Crippen LogP contribution in [0.5, 0.6) is 0 Å². The van der Waals surface area contributed by atoms with E-state index in [2.05, 4.69) is 15.5 Å². The number of hydrogen-bond donors (Lipinski definition) is 2. The molecule has 1 atom stereocenters. The second-order valence-corrected chi connectivity index (χ2v) is 6.02. The van der Waals surface area contributed by atoms with Gasteiger partial charge in [-0.15, -0.1) is 5.10 Å². The Bertz CT molecular complexity index is 785. The van der Waals surface area contributed by atoms with Gasteiger partial charge in [0.15, 0.2) is 5.17 Å². The van der Waals surface area contributed by atoms with E-state index in [9.17, 15) is 24.1 Å². The van der Waals surface area contributed by atoms with E-state index < -0.39 is 33.6 Å². The lowest BCUT2D eigenvalue weighted by Gasteiger charge is -1.99. The lowest BCUT2D eigenvalue weighted by atomic mass is 10.2. The van der Waals surface area contributed by atoms with Crippen molar-refractivity contribution < 1.29 is 24.0 Å². The molecule has 12 heteroatoms. The maximum Gasteiger partial charge on any atom is 0.305 e. The number of benzene rings is 1. The van der Waals surface area contributed by atoms with Crippen LogP contribution in [0.15, 0.2) is 22.3 Å². The molecule has 1 fully saturated rings. The van der Waals surface area contributed by atoms with Gasteiger partial charge in [-0.2, -0.15) is 5.10 Å². The molecule has 1 saturated heterocycles. The van der Waals surface area contributed by atoms with Gasteiger partial charge in [0, 0.05) is 17.7 Å². The smallest absolute Gasteiger partial charge is 0.305 e. The summed E-state index contributed by atoms with van der Waals surface area (Å²) in [6.45, 7) is 0. The number of nitrogens with zero attached hydrogens (tertiary/aromatic N) is 3. The van der Waals surface area contributed by atoms with Crippen molar-refractivity contribution in [3.8, 4) is 0 Å². The average Bonchev–Trinajstić information content (AvgIpc) is 2.80. The molecule has 0 spiro atoms. The summed E-state index contributed by atoms with van der Waals surface area (Å²) in [4.78, 5) is 32.1. The Balaban J connectivity index is 2.15. The van der Waals surface area contributed by atoms with Crippen molar-refractivity contribution in [2.75, 3.05) is 0 Å². The molecule has 1 aromatic carbocycles. The van der Waals surface area contributed by atoms with E-state index >= 15 is 0 Å². The van der Waals surface area contributed by atoms with Crippen LogP contribution >= 0.6 is 23.4 Å². The SMILES string of the molecule is O=C(O)CC1SC(=NN=Cc2cc([N+](=O)[O-])c(Cl)cc2F)NC1=O. The number of carboxylic acid groups (broad SMARTS) is 1. The van der Waals surface area contributed by atoms with E-state index in [1.807, 2.05) is 0 Å². The summed E-state index contributed by atoms with van der Waals surface area (Å²) in [6, 6.07) is 1.68. The molecule has 24 heavy (non-hydrogen) atoms. The predicted molar refractivity (Wildman–Crippen MR) is 84.9 cm³/mol. The topological polar surface area (TPSA) is 134 Å². The number of nitro benzene ring substituents is 1. The van der Waals surface area contributed by atoms with Gasteiger partial charge in [-0.05, 0) is 0 Å². The molecule has 2 N–H and O–H groups in total. The van der Waals surface area contributed by atoms with Crippen molar-refractivity contribution in [2.24, 2.45) is 10.2 Å². The van der Waals surface area contributed by atoms with Crippen LogP contribution in [0, 0.1) is 15.9 Å². The summed E-state index contributed by atoms with van der Waals surface area (Å²) in [5.41, 5.74) is -0.705. The van der Waals surface area contributed by atoms with Crippen molar-refractivity contribution in [1.29, 1.82) is 0 Å². The van der Waals surface area contributed by atoms with E-state index in [0.717, 1.165) is 30.1 Å². The van der Waals surface area contributed by atoms with E-state index in [4.69, 9.17) is 16.7 Å². The largest absolute Gasteiger partial charge is 0.481 e. The lowest BCUT2D eigenvalue weighted by molar-refractivity contribution is -0.384. The highest BCUT2D eigenvalue weighted by molar-refractivity contribution is 8.15. The minimum Gasteiger partial charge on any atom is -0.481 e. The van der Waals surface area contributed by atoms with Crippen LogP contribution in [0.25, 0.3) is 0 Å². The number of amidine groups is 1. The van der Waals surface area contributed by atoms with Gasteiger partial charge >= 0.3 is 5.97 Å². The molecule has 1 heterocycles. The van der Waals surface area contributed by atoms with Gasteiger partial charge in [-0.3, -0.25) is 19.7 Å². The Morgan fingerprint density at radius 3 is 2.92 bits per heavy atom. The second kappa shape index (κ2) is 7.36. The number of carbonyl (C=O) groups is 2. The molecule has 1 aromatic rings. The molecule has 0 aromatic heterocycles. The maximum absolute atomic E-state index is 13.7. The number of hydrogen-bond acceptors (Lipinski definition) is 7. The van der Waals surface area contributed by atoms with E-state index in [0.29, 0.717) is 0 Å². The first-order valence-corrected chi connectivity index (χ1v) is 7.47. The molecular formula is C12H8ClFN4O5S. The zero-order valence-corrected chi connectivity index (χ0v) is 13.2. The standard InChI is InChI=1S/C12H8ClFN4O5S/c13-6-2-7(14)5(1-8(6)18(22)23)4-15-17-12-16-11(21)9(24-12)3-10(19)20/h1-2,4,9H,3H2,(H,19,20)(H,16,17,21). The molecule has 9 nitrogen and oxygen atoms in total. The Hall–Kier alpha value is -2.53. The zero-order chi connectivity index (χ0) is 17.9. The van der Waals surface area contributed by atoms with Crippen molar-refractivity contribution in [1.82, 2.24) is 5.32 Å². The number of aliphatic carboxylic acids is 1. The molecule has 2 rings (SSSR count). The van der Waals surface area contributed by atoms with Crippen LogP contribution in [0.1, 0.15) is 12.0 Å². The Morgan fingerprint density at radius 1 is 1.58 bits per heavy atom. The Kier molecular flexibility index (Phi) is 5.46. The number of nitro groups is 1. The van der Waals surface area contributed by atoms with Gasteiger partial charge < -0.3 is 10.4 Å². The monoisotopic (exact) mass is 374 g/mol. The predicted octanol–water partition coefficient (Wildman–Crippen LogP) is 1.78. The first-order chi connectivity index (χ1) is 11.3. The molecule has 0 saturated carbocycles. The minimum absolute atomic E-state index is 0.0476. The number of halogens is 2. The molecule has 1 amide bonds. The van der Waals surface area contributed by atoms with Crippen LogP contribution in [-0.2, 0) is 9.59 Å². The highest BCUT2D eigenvalue weighted by Crippen LogP contribution is 2.27. The van der Waals surface area contributed by atoms with E-state index in [1.54, 1.807) is 0 Å². The quantitative estimate of drug-likeness (QED) is 0.458. The number of rotatable bonds is 5. The van der Waals surface area contributed by atoms with Gasteiger partial charge in [0.2, 0.25) is 5.91 Å². The number of carboxylic acids is 1. The second-order valence-electron chi connectivity index (χ2n) is 4.43. The molecule has 1 aliphatic heterocycles. The van der Waals surface area contributed by atoms with Crippen molar-refractivity contribution in [2.45, 2.75) is 11.7 Å². The third kappa shape index (κ3) is 4.26. The molecule has 1 unspecified atom stereocenters. The van der Waals surface area contributed by atoms with E-state index in [1.165, 1.54) is 0 Å². The van der Waals surface area contributed by atoms with Gasteiger partial charge in [-0.1, -0.05) is 23.4 Å². The average molecular weight is 375 g/mol. The third-order valence-corrected chi connectivity index (χ3v) is 4.12. The summed E-state index contributed by atoms with van der Waals surface area (Å²) in [6.07, 6.45) is 0.542. The highest BCUT2D eigenvalue weighted by Gasteiger charge is 2.32. The van der Waals surface area contributed by atoms with Crippen molar-refractivity contribution in [3.05, 3.63) is 38.7 Å². The summed E-state index contributed by atoms with van der Waals surface area (Å²) in [5, 5.41) is 27.8. The van der Waals surface area contributed by atoms with Crippen LogP contribution in [0.2, 0.25) is 5.02 Å². The number of carbonyl (C=O) groups excluding carboxylic acids is 1. The molecule has 0 aliphatic carbocycles. The fourth-order valence-electron chi connectivity index (χ4n) is 1.68. The van der Waals surface area contributed by atoms with Crippen molar-refractivity contribution in [3.63, 3.8) is 0 Å². The van der Waals surface area contributed by atoms with Crippen LogP contribution in [0.3, 0.4) is 0 Å². The first-order valence-electron chi connectivity index (χ1n) is 6.21.